The van der Waals surface area contributed by atoms with E-state index in [0.29, 0.717) is 0 Å². The van der Waals surface area contributed by atoms with E-state index in [2.05, 4.69) is 46.9 Å². The van der Waals surface area contributed by atoms with Crippen LogP contribution in [0.4, 0.5) is 0 Å². The zero-order valence-corrected chi connectivity index (χ0v) is 17.6. The van der Waals surface area contributed by atoms with Crippen molar-refractivity contribution < 1.29 is 15.3 Å². The molecule has 0 saturated heterocycles. The topological polar surface area (TPSA) is 60.7 Å². The largest absolute Gasteiger partial charge is 0.508 e. The van der Waals surface area contributed by atoms with Crippen LogP contribution in [0.1, 0.15) is 22.3 Å². The Balaban J connectivity index is 2.11. The van der Waals surface area contributed by atoms with Gasteiger partial charge in [0.25, 0.3) is 0 Å². The summed E-state index contributed by atoms with van der Waals surface area (Å²) in [5, 5.41) is 29.6. The number of hydrogen-bond acceptors (Lipinski definition) is 3. The molecule has 3 nitrogen and oxygen atoms in total. The number of phenols is 3. The van der Waals surface area contributed by atoms with Gasteiger partial charge in [0.2, 0.25) is 0 Å². The molecular formula is C25H19IO3. The van der Waals surface area contributed by atoms with Crippen molar-refractivity contribution in [2.24, 2.45) is 0 Å². The number of aromatic hydroxyl groups is 3. The van der Waals surface area contributed by atoms with Crippen LogP contribution in [0.25, 0.3) is 0 Å². The van der Waals surface area contributed by atoms with Gasteiger partial charge in [0.1, 0.15) is 17.2 Å². The van der Waals surface area contributed by atoms with E-state index in [-0.39, 0.29) is 17.2 Å². The van der Waals surface area contributed by atoms with E-state index in [1.165, 1.54) is 0 Å². The van der Waals surface area contributed by atoms with Crippen LogP contribution in [0, 0.1) is 3.57 Å². The monoisotopic (exact) mass is 494 g/mol. The summed E-state index contributed by atoms with van der Waals surface area (Å²) in [6.07, 6.45) is 0. The first-order valence-corrected chi connectivity index (χ1v) is 10.2. The number of benzene rings is 4. The summed E-state index contributed by atoms with van der Waals surface area (Å²) in [6.45, 7) is 0. The maximum atomic E-state index is 9.88. The first-order valence-electron chi connectivity index (χ1n) is 9.15. The Morgan fingerprint density at radius 1 is 0.414 bits per heavy atom. The molecule has 0 aromatic heterocycles. The SMILES string of the molecule is Oc1ccc(C(c2ccc(O)cc2)(c2ccc(O)cc2)c2ccc(I)cc2)cc1. The number of halogens is 1. The minimum Gasteiger partial charge on any atom is -0.508 e. The second-order valence-corrected chi connectivity index (χ2v) is 8.14. The number of phenolic OH excluding ortho intramolecular Hbond substituents is 3. The zero-order valence-electron chi connectivity index (χ0n) is 15.5. The van der Waals surface area contributed by atoms with Gasteiger partial charge < -0.3 is 15.3 Å². The van der Waals surface area contributed by atoms with E-state index in [4.69, 9.17) is 0 Å². The molecule has 0 radical (unpaired) electrons. The highest BCUT2D eigenvalue weighted by atomic mass is 127. The van der Waals surface area contributed by atoms with Crippen LogP contribution in [0.3, 0.4) is 0 Å². The summed E-state index contributed by atoms with van der Waals surface area (Å²) in [7, 11) is 0. The summed E-state index contributed by atoms with van der Waals surface area (Å²) in [5.74, 6) is 0.588. The van der Waals surface area contributed by atoms with Gasteiger partial charge >= 0.3 is 0 Å². The van der Waals surface area contributed by atoms with Gasteiger partial charge in [0.05, 0.1) is 5.41 Å². The molecule has 0 aliphatic carbocycles. The van der Waals surface area contributed by atoms with E-state index in [9.17, 15) is 15.3 Å². The molecule has 29 heavy (non-hydrogen) atoms. The fourth-order valence-corrected chi connectivity index (χ4v) is 4.19. The van der Waals surface area contributed by atoms with Crippen molar-refractivity contribution in [3.05, 3.63) is 123 Å². The van der Waals surface area contributed by atoms with Crippen molar-refractivity contribution in [2.75, 3.05) is 0 Å². The summed E-state index contributed by atoms with van der Waals surface area (Å²) in [6, 6.07) is 29.8. The first-order chi connectivity index (χ1) is 14.0. The van der Waals surface area contributed by atoms with Crippen LogP contribution < -0.4 is 0 Å². The Morgan fingerprint density at radius 3 is 0.931 bits per heavy atom. The highest BCUT2D eigenvalue weighted by molar-refractivity contribution is 14.1. The number of hydrogen-bond donors (Lipinski definition) is 3. The smallest absolute Gasteiger partial charge is 0.115 e. The third-order valence-electron chi connectivity index (χ3n) is 5.18. The van der Waals surface area contributed by atoms with Gasteiger partial charge in [-0.25, -0.2) is 0 Å². The molecule has 0 fully saturated rings. The second kappa shape index (κ2) is 7.79. The molecule has 4 heteroatoms. The van der Waals surface area contributed by atoms with Crippen molar-refractivity contribution in [2.45, 2.75) is 5.41 Å². The molecule has 4 aromatic carbocycles. The normalized spacial score (nSPS) is 11.3. The summed E-state index contributed by atoms with van der Waals surface area (Å²) in [5.41, 5.74) is 3.24. The first kappa shape index (κ1) is 19.3. The lowest BCUT2D eigenvalue weighted by atomic mass is 9.65. The Labute approximate surface area is 183 Å². The molecule has 0 atom stereocenters. The molecule has 0 aliphatic heterocycles. The van der Waals surface area contributed by atoms with Crippen LogP contribution in [0.2, 0.25) is 0 Å². The van der Waals surface area contributed by atoms with E-state index in [1.807, 2.05) is 36.4 Å². The van der Waals surface area contributed by atoms with Crippen LogP contribution in [0.5, 0.6) is 17.2 Å². The molecular weight excluding hydrogens is 475 g/mol. The third kappa shape index (κ3) is 3.56. The molecule has 0 bridgehead atoms. The van der Waals surface area contributed by atoms with Crippen molar-refractivity contribution in [3.8, 4) is 17.2 Å². The predicted octanol–water partition coefficient (Wildman–Crippen LogP) is 5.79. The average Bonchev–Trinajstić information content (AvgIpc) is 2.73. The summed E-state index contributed by atoms with van der Waals surface area (Å²) in [4.78, 5) is 0. The fourth-order valence-electron chi connectivity index (χ4n) is 3.83. The van der Waals surface area contributed by atoms with Gasteiger partial charge in [0, 0.05) is 3.57 Å². The van der Waals surface area contributed by atoms with Crippen molar-refractivity contribution in [3.63, 3.8) is 0 Å². The molecule has 0 saturated carbocycles. The van der Waals surface area contributed by atoms with Gasteiger partial charge in [-0.05, 0) is 93.4 Å². The van der Waals surface area contributed by atoms with Gasteiger partial charge in [-0.15, -0.1) is 0 Å². The van der Waals surface area contributed by atoms with E-state index < -0.39 is 5.41 Å². The highest BCUT2D eigenvalue weighted by Crippen LogP contribution is 2.46. The lowest BCUT2D eigenvalue weighted by Gasteiger charge is -2.37. The molecule has 4 rings (SSSR count). The lowest BCUT2D eigenvalue weighted by Crippen LogP contribution is -2.30. The molecule has 144 valence electrons. The van der Waals surface area contributed by atoms with Crippen LogP contribution in [-0.2, 0) is 5.41 Å². The summed E-state index contributed by atoms with van der Waals surface area (Å²) < 4.78 is 1.13. The average molecular weight is 494 g/mol. The van der Waals surface area contributed by atoms with E-state index >= 15 is 0 Å². The standard InChI is InChI=1S/C25H19IO3/c26-21-9-1-17(2-10-21)25(18-3-11-22(27)12-4-18,19-5-13-23(28)14-6-19)20-7-15-24(29)16-8-20/h1-16,27-29H. The fraction of sp³-hybridized carbons (Fsp3) is 0.0400. The lowest BCUT2D eigenvalue weighted by molar-refractivity contribution is 0.474. The van der Waals surface area contributed by atoms with E-state index in [1.54, 1.807) is 36.4 Å². The Hall–Kier alpha value is -2.99. The third-order valence-corrected chi connectivity index (χ3v) is 5.90. The quantitative estimate of drug-likeness (QED) is 0.249. The molecule has 0 heterocycles. The van der Waals surface area contributed by atoms with Gasteiger partial charge in [-0.3, -0.25) is 0 Å². The van der Waals surface area contributed by atoms with Gasteiger partial charge in [0.15, 0.2) is 0 Å². The van der Waals surface area contributed by atoms with E-state index in [0.717, 1.165) is 25.8 Å². The molecule has 0 spiro atoms. The number of rotatable bonds is 4. The predicted molar refractivity (Wildman–Crippen MR) is 122 cm³/mol. The minimum absolute atomic E-state index is 0.196. The Kier molecular flexibility index (Phi) is 5.20. The molecule has 0 amide bonds. The van der Waals surface area contributed by atoms with Crippen molar-refractivity contribution in [1.82, 2.24) is 0 Å². The minimum atomic E-state index is -0.695. The molecule has 0 aliphatic rings. The maximum Gasteiger partial charge on any atom is 0.115 e. The van der Waals surface area contributed by atoms with Crippen LogP contribution in [-0.4, -0.2) is 15.3 Å². The molecule has 3 N–H and O–H groups in total. The van der Waals surface area contributed by atoms with Crippen molar-refractivity contribution in [1.29, 1.82) is 0 Å². The summed E-state index contributed by atoms with van der Waals surface area (Å²) >= 11 is 2.28. The molecule has 4 aromatic rings. The van der Waals surface area contributed by atoms with Crippen LogP contribution >= 0.6 is 22.6 Å². The van der Waals surface area contributed by atoms with Crippen LogP contribution in [0.15, 0.2) is 97.1 Å². The van der Waals surface area contributed by atoms with Gasteiger partial charge in [-0.1, -0.05) is 48.5 Å². The highest BCUT2D eigenvalue weighted by Gasteiger charge is 2.38. The second-order valence-electron chi connectivity index (χ2n) is 6.90. The molecule has 0 unspecified atom stereocenters. The van der Waals surface area contributed by atoms with Gasteiger partial charge in [-0.2, -0.15) is 0 Å². The van der Waals surface area contributed by atoms with Crippen molar-refractivity contribution >= 4 is 22.6 Å². The Bertz CT molecular complexity index is 913. The zero-order chi connectivity index (χ0) is 20.4. The Morgan fingerprint density at radius 2 is 0.655 bits per heavy atom. The maximum absolute atomic E-state index is 9.88.